The van der Waals surface area contributed by atoms with Crippen LogP contribution in [-0.4, -0.2) is 5.78 Å². The van der Waals surface area contributed by atoms with Crippen molar-refractivity contribution in [2.24, 2.45) is 0 Å². The molecule has 1 aliphatic rings. The van der Waals surface area contributed by atoms with E-state index in [0.717, 1.165) is 34.9 Å². The lowest BCUT2D eigenvalue weighted by Gasteiger charge is -2.36. The Morgan fingerprint density at radius 1 is 1.05 bits per heavy atom. The van der Waals surface area contributed by atoms with Gasteiger partial charge in [-0.25, -0.2) is 0 Å². The molecule has 0 saturated heterocycles. The van der Waals surface area contributed by atoms with E-state index in [1.54, 1.807) is 0 Å². The Kier molecular flexibility index (Phi) is 4.46. The molecule has 2 aromatic rings. The summed E-state index contributed by atoms with van der Waals surface area (Å²) in [5, 5.41) is 0. The number of benzene rings is 1. The molecular weight excluding hydrogens is 300 g/mol. The van der Waals surface area contributed by atoms with Crippen molar-refractivity contribution in [1.82, 2.24) is 0 Å². The predicted octanol–water partition coefficient (Wildman–Crippen LogP) is 5.42. The highest BCUT2D eigenvalue weighted by Crippen LogP contribution is 2.41. The van der Waals surface area contributed by atoms with Crippen LogP contribution in [0.1, 0.15) is 42.5 Å². The number of Topliss-reactive ketones (excluding diaryl/α,β-unsaturated/α-hetero) is 1. The molecule has 1 aliphatic carbocycles. The van der Waals surface area contributed by atoms with Gasteiger partial charge < -0.3 is 0 Å². The molecule has 0 N–H and O–H groups in total. The minimum absolute atomic E-state index is 0.282. The number of carbonyl (C=O) groups excluding carboxylic acids is 1. The van der Waals surface area contributed by atoms with Crippen LogP contribution in [0.4, 0.5) is 0 Å². The maximum Gasteiger partial charge on any atom is 0.148 e. The van der Waals surface area contributed by atoms with E-state index in [2.05, 4.69) is 12.1 Å². The van der Waals surface area contributed by atoms with Gasteiger partial charge >= 0.3 is 0 Å². The Labute approximate surface area is 135 Å². The summed E-state index contributed by atoms with van der Waals surface area (Å²) < 4.78 is 0.759. The summed E-state index contributed by atoms with van der Waals surface area (Å²) in [4.78, 5) is 14.1. The molecule has 0 aliphatic heterocycles. The lowest BCUT2D eigenvalue weighted by atomic mass is 9.66. The summed E-state index contributed by atoms with van der Waals surface area (Å²) >= 11 is 7.51. The van der Waals surface area contributed by atoms with Gasteiger partial charge in [0.25, 0.3) is 0 Å². The highest BCUT2D eigenvalue weighted by atomic mass is 35.5. The highest BCUT2D eigenvalue weighted by Gasteiger charge is 2.40. The maximum absolute atomic E-state index is 13.1. The van der Waals surface area contributed by atoms with Crippen LogP contribution in [0, 0.1) is 0 Å². The molecule has 1 nitrogen and oxygen atoms in total. The zero-order valence-electron chi connectivity index (χ0n) is 12.0. The van der Waals surface area contributed by atoms with Crippen LogP contribution in [0.25, 0.3) is 0 Å². The first-order chi connectivity index (χ1) is 10.2. The Morgan fingerprint density at radius 3 is 2.38 bits per heavy atom. The number of hydrogen-bond donors (Lipinski definition) is 0. The maximum atomic E-state index is 13.1. The standard InChI is InChI=1S/C18H19ClOS/c19-17-10-9-15(21-17)13-16(20)18(11-5-2-6-12-18)14-7-3-1-4-8-14/h1,3-4,7-10H,2,5-6,11-13H2. The normalized spacial score (nSPS) is 17.6. The van der Waals surface area contributed by atoms with Gasteiger partial charge in [-0.15, -0.1) is 11.3 Å². The molecule has 1 aromatic carbocycles. The van der Waals surface area contributed by atoms with Gasteiger partial charge in [-0.2, -0.15) is 0 Å². The molecule has 21 heavy (non-hydrogen) atoms. The van der Waals surface area contributed by atoms with Gasteiger partial charge in [-0.3, -0.25) is 4.79 Å². The van der Waals surface area contributed by atoms with Gasteiger partial charge in [-0.1, -0.05) is 61.2 Å². The van der Waals surface area contributed by atoms with E-state index in [4.69, 9.17) is 11.6 Å². The van der Waals surface area contributed by atoms with E-state index in [0.29, 0.717) is 12.2 Å². The van der Waals surface area contributed by atoms with Crippen LogP contribution >= 0.6 is 22.9 Å². The molecule has 0 amide bonds. The molecule has 110 valence electrons. The highest BCUT2D eigenvalue weighted by molar-refractivity contribution is 7.16. The second-order valence-electron chi connectivity index (χ2n) is 5.81. The third-order valence-corrected chi connectivity index (χ3v) is 5.76. The fourth-order valence-electron chi connectivity index (χ4n) is 3.42. The van der Waals surface area contributed by atoms with E-state index in [1.807, 2.05) is 30.3 Å². The lowest BCUT2D eigenvalue weighted by Crippen LogP contribution is -2.39. The second kappa shape index (κ2) is 6.33. The van der Waals surface area contributed by atoms with Crippen LogP contribution < -0.4 is 0 Å². The van der Waals surface area contributed by atoms with Crippen molar-refractivity contribution >= 4 is 28.7 Å². The van der Waals surface area contributed by atoms with Gasteiger partial charge in [0, 0.05) is 11.3 Å². The third kappa shape index (κ3) is 3.07. The van der Waals surface area contributed by atoms with Gasteiger partial charge in [0.15, 0.2) is 0 Å². The number of ketones is 1. The average molecular weight is 319 g/mol. The molecular formula is C18H19ClOS. The first-order valence-corrected chi connectivity index (χ1v) is 8.73. The van der Waals surface area contributed by atoms with E-state index in [-0.39, 0.29) is 5.41 Å². The molecule has 0 bridgehead atoms. The molecule has 1 heterocycles. The summed E-state index contributed by atoms with van der Waals surface area (Å²) in [6.45, 7) is 0. The van der Waals surface area contributed by atoms with Crippen molar-refractivity contribution in [3.63, 3.8) is 0 Å². The predicted molar refractivity (Wildman–Crippen MR) is 89.2 cm³/mol. The molecule has 0 atom stereocenters. The fourth-order valence-corrected chi connectivity index (χ4v) is 4.50. The molecule has 1 aromatic heterocycles. The Bertz CT molecular complexity index is 611. The number of halogens is 1. The zero-order chi connectivity index (χ0) is 14.7. The van der Waals surface area contributed by atoms with Gasteiger partial charge in [0.2, 0.25) is 0 Å². The topological polar surface area (TPSA) is 17.1 Å². The third-order valence-electron chi connectivity index (χ3n) is 4.53. The van der Waals surface area contributed by atoms with Crippen LogP contribution in [0.2, 0.25) is 4.34 Å². The monoisotopic (exact) mass is 318 g/mol. The van der Waals surface area contributed by atoms with Crippen molar-refractivity contribution in [2.45, 2.75) is 43.9 Å². The summed E-state index contributed by atoms with van der Waals surface area (Å²) in [6.07, 6.45) is 6.00. The molecule has 3 heteroatoms. The summed E-state index contributed by atoms with van der Waals surface area (Å²) in [6, 6.07) is 14.2. The molecule has 1 fully saturated rings. The SMILES string of the molecule is O=C(Cc1ccc(Cl)s1)C1(c2ccccc2)CCCCC1. The Morgan fingerprint density at radius 2 is 1.76 bits per heavy atom. The largest absolute Gasteiger partial charge is 0.298 e. The van der Waals surface area contributed by atoms with Crippen molar-refractivity contribution in [3.05, 3.63) is 57.2 Å². The van der Waals surface area contributed by atoms with E-state index < -0.39 is 0 Å². The summed E-state index contributed by atoms with van der Waals surface area (Å²) in [5.41, 5.74) is 0.910. The number of hydrogen-bond acceptors (Lipinski definition) is 2. The van der Waals surface area contributed by atoms with Crippen LogP contribution in [0.5, 0.6) is 0 Å². The van der Waals surface area contributed by atoms with Crippen LogP contribution in [0.3, 0.4) is 0 Å². The molecule has 1 saturated carbocycles. The Hall–Kier alpha value is -1.12. The molecule has 0 radical (unpaired) electrons. The number of rotatable bonds is 4. The van der Waals surface area contributed by atoms with Crippen molar-refractivity contribution in [3.8, 4) is 0 Å². The fraction of sp³-hybridized carbons (Fsp3) is 0.389. The van der Waals surface area contributed by atoms with E-state index >= 15 is 0 Å². The van der Waals surface area contributed by atoms with Crippen LogP contribution in [-0.2, 0) is 16.6 Å². The minimum Gasteiger partial charge on any atom is -0.298 e. The lowest BCUT2D eigenvalue weighted by molar-refractivity contribution is -0.125. The summed E-state index contributed by atoms with van der Waals surface area (Å²) in [7, 11) is 0. The summed E-state index contributed by atoms with van der Waals surface area (Å²) in [5.74, 6) is 0.354. The molecule has 0 unspecified atom stereocenters. The second-order valence-corrected chi connectivity index (χ2v) is 7.61. The van der Waals surface area contributed by atoms with Crippen molar-refractivity contribution in [2.75, 3.05) is 0 Å². The minimum atomic E-state index is -0.282. The van der Waals surface area contributed by atoms with E-state index in [1.165, 1.54) is 23.3 Å². The van der Waals surface area contributed by atoms with Gasteiger partial charge in [-0.05, 0) is 30.5 Å². The number of carbonyl (C=O) groups is 1. The zero-order valence-corrected chi connectivity index (χ0v) is 13.6. The Balaban J connectivity index is 1.90. The van der Waals surface area contributed by atoms with Gasteiger partial charge in [0.05, 0.1) is 9.75 Å². The molecule has 0 spiro atoms. The quantitative estimate of drug-likeness (QED) is 0.736. The van der Waals surface area contributed by atoms with Crippen LogP contribution in [0.15, 0.2) is 42.5 Å². The van der Waals surface area contributed by atoms with Crippen molar-refractivity contribution in [1.29, 1.82) is 0 Å². The first-order valence-electron chi connectivity index (χ1n) is 7.54. The van der Waals surface area contributed by atoms with Gasteiger partial charge in [0.1, 0.15) is 5.78 Å². The smallest absolute Gasteiger partial charge is 0.148 e. The average Bonchev–Trinajstić information content (AvgIpc) is 2.94. The van der Waals surface area contributed by atoms with E-state index in [9.17, 15) is 4.79 Å². The number of thiophene rings is 1. The van der Waals surface area contributed by atoms with Crippen molar-refractivity contribution < 1.29 is 4.79 Å². The molecule has 3 rings (SSSR count). The first kappa shape index (κ1) is 14.8.